The fourth-order valence-electron chi connectivity index (χ4n) is 3.68. The van der Waals surface area contributed by atoms with Gasteiger partial charge in [-0.05, 0) is 55.2 Å². The Bertz CT molecular complexity index is 1110. The van der Waals surface area contributed by atoms with Crippen LogP contribution in [0.25, 0.3) is 0 Å². The molecule has 2 aromatic carbocycles. The lowest BCUT2D eigenvalue weighted by Crippen LogP contribution is -2.42. The molecule has 0 unspecified atom stereocenters. The summed E-state index contributed by atoms with van der Waals surface area (Å²) in [5, 5.41) is 0. The Morgan fingerprint density at radius 2 is 1.64 bits per heavy atom. The number of carbonyl (C=O) groups is 2. The van der Waals surface area contributed by atoms with Crippen molar-refractivity contribution in [1.82, 2.24) is 10.9 Å². The Kier molecular flexibility index (Phi) is 7.62. The molecule has 178 valence electrons. The van der Waals surface area contributed by atoms with Crippen molar-refractivity contribution in [3.63, 3.8) is 0 Å². The molecule has 3 N–H and O–H groups in total. The molecule has 2 aromatic rings. The summed E-state index contributed by atoms with van der Waals surface area (Å²) in [5.41, 5.74) is 3.29. The van der Waals surface area contributed by atoms with Crippen molar-refractivity contribution in [1.29, 1.82) is 0 Å². The smallest absolute Gasteiger partial charge is 0.280 e. The molecule has 0 saturated heterocycles. The first-order valence-electron chi connectivity index (χ1n) is 10.4. The zero-order valence-corrected chi connectivity index (χ0v) is 18.4. The van der Waals surface area contributed by atoms with E-state index in [1.807, 2.05) is 0 Å². The lowest BCUT2D eigenvalue weighted by atomic mass is 9.87. The average molecular weight is 484 g/mol. The first-order chi connectivity index (χ1) is 15.5. The monoisotopic (exact) mass is 483 g/mol. The van der Waals surface area contributed by atoms with Gasteiger partial charge in [-0.15, -0.1) is 0 Å². The summed E-state index contributed by atoms with van der Waals surface area (Å²) < 4.78 is 66.0. The van der Waals surface area contributed by atoms with Gasteiger partial charge in [-0.25, -0.2) is 8.42 Å². The Morgan fingerprint density at radius 1 is 0.939 bits per heavy atom. The van der Waals surface area contributed by atoms with Crippen LogP contribution >= 0.6 is 0 Å². The molecule has 0 aromatic heterocycles. The van der Waals surface area contributed by atoms with Crippen LogP contribution in [-0.2, 0) is 21.0 Å². The molecule has 0 heterocycles. The molecule has 7 nitrogen and oxygen atoms in total. The molecule has 1 fully saturated rings. The second kappa shape index (κ2) is 10.2. The number of halogens is 3. The molecule has 0 radical (unpaired) electrons. The number of carbonyl (C=O) groups excluding carboxylic acids is 2. The number of amides is 2. The fourth-order valence-corrected chi connectivity index (χ4v) is 4.78. The number of hydrazine groups is 1. The van der Waals surface area contributed by atoms with Crippen LogP contribution in [0, 0.1) is 5.92 Å². The molecule has 1 saturated carbocycles. The second-order valence-corrected chi connectivity index (χ2v) is 9.60. The van der Waals surface area contributed by atoms with Crippen molar-refractivity contribution in [2.24, 2.45) is 5.92 Å². The van der Waals surface area contributed by atoms with E-state index >= 15 is 0 Å². The van der Waals surface area contributed by atoms with Crippen LogP contribution in [0.3, 0.4) is 0 Å². The molecular weight excluding hydrogens is 459 g/mol. The van der Waals surface area contributed by atoms with Gasteiger partial charge in [-0.3, -0.25) is 25.2 Å². The third-order valence-electron chi connectivity index (χ3n) is 5.36. The lowest BCUT2D eigenvalue weighted by molar-refractivity contribution is -0.137. The minimum absolute atomic E-state index is 0.0418. The van der Waals surface area contributed by atoms with Crippen molar-refractivity contribution in [3.8, 4) is 0 Å². The molecule has 11 heteroatoms. The van der Waals surface area contributed by atoms with Crippen LogP contribution in [-0.4, -0.2) is 20.2 Å². The second-order valence-electron chi connectivity index (χ2n) is 7.92. The van der Waals surface area contributed by atoms with Gasteiger partial charge in [0.25, 0.3) is 15.9 Å². The van der Waals surface area contributed by atoms with E-state index in [0.29, 0.717) is 12.5 Å². The third kappa shape index (κ3) is 6.95. The van der Waals surface area contributed by atoms with E-state index < -0.39 is 27.7 Å². The summed E-state index contributed by atoms with van der Waals surface area (Å²) in [6.07, 6.45) is 0.952. The van der Waals surface area contributed by atoms with Crippen LogP contribution < -0.4 is 15.6 Å². The number of benzene rings is 2. The van der Waals surface area contributed by atoms with Crippen LogP contribution in [0.5, 0.6) is 0 Å². The summed E-state index contributed by atoms with van der Waals surface area (Å²) in [4.78, 5) is 24.1. The van der Waals surface area contributed by atoms with Crippen LogP contribution in [0.1, 0.15) is 54.4 Å². The molecule has 2 amide bonds. The van der Waals surface area contributed by atoms with E-state index in [2.05, 4.69) is 15.6 Å². The van der Waals surface area contributed by atoms with Gasteiger partial charge >= 0.3 is 6.18 Å². The van der Waals surface area contributed by atoms with Crippen molar-refractivity contribution in [2.75, 3.05) is 4.72 Å². The molecular formula is C22H24F3N3O4S. The molecule has 0 aliphatic heterocycles. The van der Waals surface area contributed by atoms with Gasteiger partial charge < -0.3 is 0 Å². The standard InChI is InChI=1S/C22H24F3N3O4S/c23-22(24,25)17-9-5-10-18(14-17)28-33(31,32)19-11-4-8-16(13-19)21(30)27-26-20(29)12-15-6-2-1-3-7-15/h4-5,8-11,13-15,28H,1-3,6-7,12H2,(H,26,29)(H,27,30). The third-order valence-corrected chi connectivity index (χ3v) is 6.74. The van der Waals surface area contributed by atoms with Crippen molar-refractivity contribution >= 4 is 27.5 Å². The molecule has 1 aliphatic rings. The van der Waals surface area contributed by atoms with Crippen LogP contribution in [0.15, 0.2) is 53.4 Å². The number of sulfonamides is 1. The highest BCUT2D eigenvalue weighted by Gasteiger charge is 2.30. The molecule has 33 heavy (non-hydrogen) atoms. The zero-order chi connectivity index (χ0) is 24.1. The van der Waals surface area contributed by atoms with Gasteiger partial charge in [0.1, 0.15) is 0 Å². The van der Waals surface area contributed by atoms with Gasteiger partial charge in [0.2, 0.25) is 5.91 Å². The molecule has 1 aliphatic carbocycles. The van der Waals surface area contributed by atoms with E-state index in [0.717, 1.165) is 50.3 Å². The van der Waals surface area contributed by atoms with Gasteiger partial charge in [-0.2, -0.15) is 13.2 Å². The van der Waals surface area contributed by atoms with Gasteiger partial charge in [0.05, 0.1) is 10.5 Å². The highest BCUT2D eigenvalue weighted by Crippen LogP contribution is 2.31. The van der Waals surface area contributed by atoms with Crippen molar-refractivity contribution < 1.29 is 31.2 Å². The number of hydrogen-bond acceptors (Lipinski definition) is 4. The van der Waals surface area contributed by atoms with E-state index in [-0.39, 0.29) is 28.0 Å². The van der Waals surface area contributed by atoms with E-state index in [4.69, 9.17) is 0 Å². The predicted octanol–water partition coefficient (Wildman–Crippen LogP) is 4.24. The largest absolute Gasteiger partial charge is 0.416 e. The molecule has 0 atom stereocenters. The van der Waals surface area contributed by atoms with Crippen molar-refractivity contribution in [2.45, 2.75) is 49.6 Å². The lowest BCUT2D eigenvalue weighted by Gasteiger charge is -2.20. The van der Waals surface area contributed by atoms with Gasteiger partial charge in [0, 0.05) is 17.7 Å². The van der Waals surface area contributed by atoms with Crippen molar-refractivity contribution in [3.05, 3.63) is 59.7 Å². The Morgan fingerprint density at radius 3 is 2.33 bits per heavy atom. The molecule has 3 rings (SSSR count). The maximum Gasteiger partial charge on any atom is 0.416 e. The van der Waals surface area contributed by atoms with E-state index in [9.17, 15) is 31.2 Å². The minimum atomic E-state index is -4.62. The fraction of sp³-hybridized carbons (Fsp3) is 0.364. The Labute approximate surface area is 189 Å². The van der Waals surface area contributed by atoms with Gasteiger partial charge in [0.15, 0.2) is 0 Å². The summed E-state index contributed by atoms with van der Waals surface area (Å²) in [6.45, 7) is 0. The number of rotatable bonds is 6. The number of anilines is 1. The summed E-state index contributed by atoms with van der Waals surface area (Å²) in [7, 11) is -4.27. The van der Waals surface area contributed by atoms with Crippen LogP contribution in [0.2, 0.25) is 0 Å². The highest BCUT2D eigenvalue weighted by atomic mass is 32.2. The number of nitrogens with one attached hydrogen (secondary N) is 3. The minimum Gasteiger partial charge on any atom is -0.280 e. The normalized spacial score (nSPS) is 15.0. The molecule has 0 bridgehead atoms. The summed E-state index contributed by atoms with van der Waals surface area (Å²) >= 11 is 0. The average Bonchev–Trinajstić information content (AvgIpc) is 2.77. The maximum atomic E-state index is 12.9. The van der Waals surface area contributed by atoms with E-state index in [1.54, 1.807) is 0 Å². The first-order valence-corrected chi connectivity index (χ1v) is 11.9. The molecule has 0 spiro atoms. The SMILES string of the molecule is O=C(CC1CCCCC1)NNC(=O)c1cccc(S(=O)(=O)Nc2cccc(C(F)(F)F)c2)c1. The van der Waals surface area contributed by atoms with E-state index in [1.165, 1.54) is 24.3 Å². The maximum absolute atomic E-state index is 12.9. The van der Waals surface area contributed by atoms with Gasteiger partial charge in [-0.1, -0.05) is 31.4 Å². The number of alkyl halides is 3. The predicted molar refractivity (Wildman–Crippen MR) is 115 cm³/mol. The number of hydrogen-bond donors (Lipinski definition) is 3. The Balaban J connectivity index is 1.64. The quantitative estimate of drug-likeness (QED) is 0.535. The summed E-state index contributed by atoms with van der Waals surface area (Å²) in [6, 6.07) is 8.71. The topological polar surface area (TPSA) is 104 Å². The summed E-state index contributed by atoms with van der Waals surface area (Å²) in [5.74, 6) is -0.764. The van der Waals surface area contributed by atoms with Crippen LogP contribution in [0.4, 0.5) is 18.9 Å². The highest BCUT2D eigenvalue weighted by molar-refractivity contribution is 7.92. The Hall–Kier alpha value is -3.08. The zero-order valence-electron chi connectivity index (χ0n) is 17.6. The first kappa shape index (κ1) is 24.6.